The molecule has 2 rings (SSSR count). The first-order valence-electron chi connectivity index (χ1n) is 7.02. The number of ether oxygens (including phenoxy) is 1. The van der Waals surface area contributed by atoms with Crippen molar-refractivity contribution in [3.8, 4) is 0 Å². The predicted molar refractivity (Wildman–Crippen MR) is 93.7 cm³/mol. The van der Waals surface area contributed by atoms with Gasteiger partial charge in [-0.3, -0.25) is 4.79 Å². The molecule has 1 amide bonds. The highest BCUT2D eigenvalue weighted by Gasteiger charge is 2.13. The van der Waals surface area contributed by atoms with E-state index in [0.717, 1.165) is 11.4 Å². The average molecular weight is 366 g/mol. The van der Waals surface area contributed by atoms with Gasteiger partial charge in [-0.25, -0.2) is 14.8 Å². The molecule has 0 radical (unpaired) electrons. The van der Waals surface area contributed by atoms with E-state index in [4.69, 9.17) is 11.6 Å². The van der Waals surface area contributed by atoms with Gasteiger partial charge in [0, 0.05) is 17.1 Å². The molecule has 8 heteroatoms. The second kappa shape index (κ2) is 8.12. The molecule has 2 aromatic rings. The first-order chi connectivity index (χ1) is 11.4. The van der Waals surface area contributed by atoms with Crippen LogP contribution in [0.5, 0.6) is 0 Å². The summed E-state index contributed by atoms with van der Waals surface area (Å²) in [4.78, 5) is 32.2. The van der Waals surface area contributed by atoms with E-state index in [9.17, 15) is 9.59 Å². The number of methoxy groups -OCH3 is 1. The number of hydrogen-bond donors (Lipinski definition) is 1. The van der Waals surface area contributed by atoms with Gasteiger partial charge >= 0.3 is 5.97 Å². The Labute approximate surface area is 149 Å². The van der Waals surface area contributed by atoms with Gasteiger partial charge in [0.15, 0.2) is 5.16 Å². The van der Waals surface area contributed by atoms with Crippen molar-refractivity contribution < 1.29 is 14.3 Å². The zero-order chi connectivity index (χ0) is 17.7. The van der Waals surface area contributed by atoms with Crippen LogP contribution < -0.4 is 5.32 Å². The van der Waals surface area contributed by atoms with Crippen LogP contribution in [0.15, 0.2) is 29.4 Å². The number of esters is 1. The molecule has 1 aromatic carbocycles. The Bertz CT molecular complexity index is 763. The Hall–Kier alpha value is -2.12. The second-order valence-corrected chi connectivity index (χ2v) is 6.31. The number of aromatic nitrogens is 2. The predicted octanol–water partition coefficient (Wildman–Crippen LogP) is 3.26. The molecule has 6 nitrogen and oxygen atoms in total. The number of hydrogen-bond acceptors (Lipinski definition) is 6. The number of thioether (sulfide) groups is 1. The van der Waals surface area contributed by atoms with Crippen LogP contribution in [0.25, 0.3) is 0 Å². The maximum absolute atomic E-state index is 12.1. The molecule has 0 saturated carbocycles. The molecule has 0 aliphatic carbocycles. The van der Waals surface area contributed by atoms with Crippen LogP contribution >= 0.6 is 23.4 Å². The normalized spacial score (nSPS) is 10.3. The molecule has 1 N–H and O–H groups in total. The Morgan fingerprint density at radius 3 is 2.50 bits per heavy atom. The molecule has 0 spiro atoms. The molecule has 0 saturated heterocycles. The number of halogens is 1. The van der Waals surface area contributed by atoms with Crippen LogP contribution in [0.4, 0.5) is 5.69 Å². The molecule has 0 aliphatic heterocycles. The largest absolute Gasteiger partial charge is 0.465 e. The number of rotatable bonds is 5. The summed E-state index contributed by atoms with van der Waals surface area (Å²) in [5.74, 6) is -0.644. The van der Waals surface area contributed by atoms with Crippen LogP contribution in [0.2, 0.25) is 5.02 Å². The minimum Gasteiger partial charge on any atom is -0.465 e. The van der Waals surface area contributed by atoms with Crippen molar-refractivity contribution in [1.29, 1.82) is 0 Å². The molecule has 0 bridgehead atoms. The summed E-state index contributed by atoms with van der Waals surface area (Å²) >= 11 is 7.19. The summed E-state index contributed by atoms with van der Waals surface area (Å²) in [5.41, 5.74) is 2.37. The van der Waals surface area contributed by atoms with E-state index in [1.807, 2.05) is 19.9 Å². The Kier molecular flexibility index (Phi) is 6.16. The summed E-state index contributed by atoms with van der Waals surface area (Å²) in [6.45, 7) is 3.75. The smallest absolute Gasteiger partial charge is 0.339 e. The third-order valence-corrected chi connectivity index (χ3v) is 4.13. The fourth-order valence-electron chi connectivity index (χ4n) is 1.95. The lowest BCUT2D eigenvalue weighted by Crippen LogP contribution is -2.15. The Morgan fingerprint density at radius 2 is 1.88 bits per heavy atom. The SMILES string of the molecule is COC(=O)c1cc(NC(=O)CSc2nc(C)cc(C)n2)ccc1Cl. The fourth-order valence-corrected chi connectivity index (χ4v) is 2.90. The standard InChI is InChI=1S/C16H16ClN3O3S/c1-9-6-10(2)19-16(18-9)24-8-14(21)20-11-4-5-13(17)12(7-11)15(22)23-3/h4-7H,8H2,1-3H3,(H,20,21). The molecule has 24 heavy (non-hydrogen) atoms. The van der Waals surface area contributed by atoms with Crippen LogP contribution in [0.1, 0.15) is 21.7 Å². The lowest BCUT2D eigenvalue weighted by Gasteiger charge is -2.08. The monoisotopic (exact) mass is 365 g/mol. The van der Waals surface area contributed by atoms with Gasteiger partial charge < -0.3 is 10.1 Å². The van der Waals surface area contributed by atoms with E-state index in [0.29, 0.717) is 10.8 Å². The van der Waals surface area contributed by atoms with E-state index in [-0.39, 0.29) is 22.2 Å². The van der Waals surface area contributed by atoms with Crippen LogP contribution in [0.3, 0.4) is 0 Å². The lowest BCUT2D eigenvalue weighted by atomic mass is 10.2. The molecule has 1 heterocycles. The number of nitrogens with zero attached hydrogens (tertiary/aromatic N) is 2. The highest BCUT2D eigenvalue weighted by molar-refractivity contribution is 7.99. The van der Waals surface area contributed by atoms with Crippen molar-refractivity contribution in [2.24, 2.45) is 0 Å². The highest BCUT2D eigenvalue weighted by Crippen LogP contribution is 2.22. The third kappa shape index (κ3) is 4.94. The zero-order valence-corrected chi connectivity index (χ0v) is 15.0. The van der Waals surface area contributed by atoms with Gasteiger partial charge in [0.2, 0.25) is 5.91 Å². The van der Waals surface area contributed by atoms with E-state index in [1.54, 1.807) is 6.07 Å². The van der Waals surface area contributed by atoms with Crippen molar-refractivity contribution in [3.05, 3.63) is 46.2 Å². The van der Waals surface area contributed by atoms with E-state index in [2.05, 4.69) is 20.0 Å². The quantitative estimate of drug-likeness (QED) is 0.497. The minimum atomic E-state index is -0.561. The number of benzene rings is 1. The number of nitrogens with one attached hydrogen (secondary N) is 1. The first-order valence-corrected chi connectivity index (χ1v) is 8.38. The van der Waals surface area contributed by atoms with Gasteiger partial charge in [-0.05, 0) is 38.1 Å². The van der Waals surface area contributed by atoms with Crippen LogP contribution in [-0.2, 0) is 9.53 Å². The molecule has 0 fully saturated rings. The maximum Gasteiger partial charge on any atom is 0.339 e. The molecule has 126 valence electrons. The van der Waals surface area contributed by atoms with Gasteiger partial charge in [-0.15, -0.1) is 0 Å². The topological polar surface area (TPSA) is 81.2 Å². The summed E-state index contributed by atoms with van der Waals surface area (Å²) in [6, 6.07) is 6.49. The van der Waals surface area contributed by atoms with Gasteiger partial charge in [-0.1, -0.05) is 23.4 Å². The first kappa shape index (κ1) is 18.2. The third-order valence-electron chi connectivity index (χ3n) is 2.95. The van der Waals surface area contributed by atoms with Gasteiger partial charge in [0.1, 0.15) is 0 Å². The molecule has 0 unspecified atom stereocenters. The second-order valence-electron chi connectivity index (χ2n) is 4.96. The van der Waals surface area contributed by atoms with Gasteiger partial charge in [0.05, 0.1) is 23.4 Å². The fraction of sp³-hybridized carbons (Fsp3) is 0.250. The van der Waals surface area contributed by atoms with Gasteiger partial charge in [0.25, 0.3) is 0 Å². The molecular weight excluding hydrogens is 350 g/mol. The van der Waals surface area contributed by atoms with Crippen molar-refractivity contribution in [3.63, 3.8) is 0 Å². The molecular formula is C16H16ClN3O3S. The molecule has 0 atom stereocenters. The van der Waals surface area contributed by atoms with Crippen molar-refractivity contribution in [2.45, 2.75) is 19.0 Å². The number of amides is 1. The summed E-state index contributed by atoms with van der Waals surface area (Å²) in [5, 5.41) is 3.52. The summed E-state index contributed by atoms with van der Waals surface area (Å²) in [6.07, 6.45) is 0. The number of carbonyl (C=O) groups excluding carboxylic acids is 2. The lowest BCUT2D eigenvalue weighted by molar-refractivity contribution is -0.113. The zero-order valence-electron chi connectivity index (χ0n) is 13.4. The number of aryl methyl sites for hydroxylation is 2. The number of anilines is 1. The number of carbonyl (C=O) groups is 2. The maximum atomic E-state index is 12.1. The Balaban J connectivity index is 2.01. The average Bonchev–Trinajstić information content (AvgIpc) is 2.53. The summed E-state index contributed by atoms with van der Waals surface area (Å²) in [7, 11) is 1.27. The molecule has 1 aromatic heterocycles. The van der Waals surface area contributed by atoms with E-state index in [1.165, 1.54) is 31.0 Å². The minimum absolute atomic E-state index is 0.152. The van der Waals surface area contributed by atoms with E-state index >= 15 is 0 Å². The van der Waals surface area contributed by atoms with Gasteiger partial charge in [-0.2, -0.15) is 0 Å². The summed E-state index contributed by atoms with van der Waals surface area (Å²) < 4.78 is 4.65. The highest BCUT2D eigenvalue weighted by atomic mass is 35.5. The van der Waals surface area contributed by atoms with Crippen molar-refractivity contribution in [1.82, 2.24) is 9.97 Å². The van der Waals surface area contributed by atoms with Crippen LogP contribution in [-0.4, -0.2) is 34.7 Å². The Morgan fingerprint density at radius 1 is 1.21 bits per heavy atom. The van der Waals surface area contributed by atoms with E-state index < -0.39 is 5.97 Å². The molecule has 0 aliphatic rings. The van der Waals surface area contributed by atoms with Crippen molar-refractivity contribution in [2.75, 3.05) is 18.2 Å². The van der Waals surface area contributed by atoms with Crippen LogP contribution in [0, 0.1) is 13.8 Å². The van der Waals surface area contributed by atoms with Crippen molar-refractivity contribution >= 4 is 40.9 Å².